The minimum Gasteiger partial charge on any atom is -0.492 e. The molecule has 3 aromatic carbocycles. The molecule has 1 N–H and O–H groups in total. The second-order valence-corrected chi connectivity index (χ2v) is 10.6. The van der Waals surface area contributed by atoms with Crippen LogP contribution in [0.1, 0.15) is 15.9 Å². The van der Waals surface area contributed by atoms with E-state index in [1.807, 2.05) is 31.2 Å². The Morgan fingerprint density at radius 3 is 2.53 bits per heavy atom. The van der Waals surface area contributed by atoms with Crippen molar-refractivity contribution in [2.45, 2.75) is 11.8 Å². The van der Waals surface area contributed by atoms with Crippen LogP contribution in [-0.4, -0.2) is 58.4 Å². The molecule has 0 aliphatic carbocycles. The van der Waals surface area contributed by atoms with E-state index in [4.69, 9.17) is 9.47 Å². The maximum Gasteiger partial charge on any atom is 0.265 e. The molecule has 0 unspecified atom stereocenters. The van der Waals surface area contributed by atoms with Crippen LogP contribution in [0.25, 0.3) is 0 Å². The van der Waals surface area contributed by atoms with Gasteiger partial charge in [0.1, 0.15) is 18.1 Å². The van der Waals surface area contributed by atoms with Crippen LogP contribution in [0.4, 0.5) is 11.4 Å². The number of sulfonamides is 1. The Labute approximate surface area is 210 Å². The van der Waals surface area contributed by atoms with Crippen LogP contribution in [0.15, 0.2) is 71.6 Å². The number of benzene rings is 3. The van der Waals surface area contributed by atoms with Crippen LogP contribution >= 0.6 is 0 Å². The number of amides is 2. The normalized spacial score (nSPS) is 13.2. The molecule has 4 rings (SSSR count). The Balaban J connectivity index is 1.43. The fourth-order valence-electron chi connectivity index (χ4n) is 3.68. The van der Waals surface area contributed by atoms with E-state index < -0.39 is 15.9 Å². The van der Waals surface area contributed by atoms with Gasteiger partial charge in [-0.05, 0) is 61.0 Å². The molecule has 0 saturated heterocycles. The number of nitrogens with one attached hydrogen (secondary N) is 1. The van der Waals surface area contributed by atoms with E-state index in [0.717, 1.165) is 15.6 Å². The molecule has 1 heterocycles. The number of hydrogen-bond acceptors (Lipinski definition) is 6. The summed E-state index contributed by atoms with van der Waals surface area (Å²) in [5, 5.41) is 2.78. The predicted octanol–water partition coefficient (Wildman–Crippen LogP) is 3.30. The van der Waals surface area contributed by atoms with Gasteiger partial charge in [0.25, 0.3) is 11.8 Å². The van der Waals surface area contributed by atoms with Crippen molar-refractivity contribution in [3.05, 3.63) is 77.9 Å². The molecule has 0 radical (unpaired) electrons. The van der Waals surface area contributed by atoms with Crippen molar-refractivity contribution in [2.24, 2.45) is 0 Å². The Morgan fingerprint density at radius 2 is 1.83 bits per heavy atom. The van der Waals surface area contributed by atoms with Gasteiger partial charge in [-0.1, -0.05) is 12.1 Å². The van der Waals surface area contributed by atoms with Crippen LogP contribution in [0.3, 0.4) is 0 Å². The summed E-state index contributed by atoms with van der Waals surface area (Å²) in [6.45, 7) is 2.52. The summed E-state index contributed by atoms with van der Waals surface area (Å²) in [7, 11) is -0.690. The molecule has 3 aromatic rings. The highest BCUT2D eigenvalue weighted by Gasteiger charge is 2.26. The van der Waals surface area contributed by atoms with Gasteiger partial charge in [0.15, 0.2) is 6.61 Å². The first-order chi connectivity index (χ1) is 17.1. The van der Waals surface area contributed by atoms with E-state index in [1.54, 1.807) is 23.1 Å². The van der Waals surface area contributed by atoms with E-state index in [0.29, 0.717) is 35.8 Å². The summed E-state index contributed by atoms with van der Waals surface area (Å²) in [5.41, 5.74) is 2.46. The molecule has 2 amide bonds. The molecule has 0 atom stereocenters. The molecule has 1 aliphatic rings. The van der Waals surface area contributed by atoms with E-state index in [2.05, 4.69) is 5.32 Å². The summed E-state index contributed by atoms with van der Waals surface area (Å²) in [6.07, 6.45) is 0. The first kappa shape index (κ1) is 25.2. The molecule has 0 fully saturated rings. The number of fused-ring (bicyclic) bond motifs is 1. The Kier molecular flexibility index (Phi) is 7.27. The first-order valence-corrected chi connectivity index (χ1v) is 12.7. The third-order valence-electron chi connectivity index (χ3n) is 5.63. The van der Waals surface area contributed by atoms with E-state index >= 15 is 0 Å². The SMILES string of the molecule is Cc1cccc(OCCN2C(=O)COc3cc(NC(=O)c4ccc(S(=O)(=O)N(C)C)cc4)ccc32)c1. The number of hydrogen-bond donors (Lipinski definition) is 1. The van der Waals surface area contributed by atoms with Gasteiger partial charge in [-0.2, -0.15) is 0 Å². The first-order valence-electron chi connectivity index (χ1n) is 11.3. The highest BCUT2D eigenvalue weighted by molar-refractivity contribution is 7.89. The number of anilines is 2. The Bertz CT molecular complexity index is 1390. The fourth-order valence-corrected chi connectivity index (χ4v) is 4.58. The number of aryl methyl sites for hydroxylation is 1. The second kappa shape index (κ2) is 10.4. The molecular formula is C26H27N3O6S. The smallest absolute Gasteiger partial charge is 0.265 e. The lowest BCUT2D eigenvalue weighted by molar-refractivity contribution is -0.121. The summed E-state index contributed by atoms with van der Waals surface area (Å²) in [6, 6.07) is 18.4. The highest BCUT2D eigenvalue weighted by Crippen LogP contribution is 2.34. The van der Waals surface area contributed by atoms with Gasteiger partial charge >= 0.3 is 0 Å². The third-order valence-corrected chi connectivity index (χ3v) is 7.46. The molecule has 0 aromatic heterocycles. The van der Waals surface area contributed by atoms with Crippen LogP contribution in [0.5, 0.6) is 11.5 Å². The van der Waals surface area contributed by atoms with Crippen molar-refractivity contribution in [1.82, 2.24) is 4.31 Å². The van der Waals surface area contributed by atoms with Gasteiger partial charge in [0.2, 0.25) is 10.0 Å². The molecule has 0 bridgehead atoms. The number of nitrogens with zero attached hydrogens (tertiary/aromatic N) is 2. The molecule has 36 heavy (non-hydrogen) atoms. The van der Waals surface area contributed by atoms with Gasteiger partial charge in [0, 0.05) is 31.4 Å². The number of ether oxygens (including phenoxy) is 2. The molecule has 9 nitrogen and oxygen atoms in total. The van der Waals surface area contributed by atoms with Crippen molar-refractivity contribution in [2.75, 3.05) is 44.1 Å². The average Bonchev–Trinajstić information content (AvgIpc) is 2.85. The predicted molar refractivity (Wildman–Crippen MR) is 136 cm³/mol. The van der Waals surface area contributed by atoms with E-state index in [1.165, 1.54) is 38.4 Å². The lowest BCUT2D eigenvalue weighted by Gasteiger charge is -2.29. The van der Waals surface area contributed by atoms with Crippen molar-refractivity contribution in [3.63, 3.8) is 0 Å². The lowest BCUT2D eigenvalue weighted by atomic mass is 10.2. The third kappa shape index (κ3) is 5.50. The van der Waals surface area contributed by atoms with E-state index in [9.17, 15) is 18.0 Å². The minimum absolute atomic E-state index is 0.0994. The maximum absolute atomic E-state index is 12.7. The minimum atomic E-state index is -3.58. The van der Waals surface area contributed by atoms with Crippen LogP contribution in [0, 0.1) is 6.92 Å². The van der Waals surface area contributed by atoms with Crippen molar-refractivity contribution in [1.29, 1.82) is 0 Å². The van der Waals surface area contributed by atoms with Gasteiger partial charge in [0.05, 0.1) is 17.1 Å². The van der Waals surface area contributed by atoms with Gasteiger partial charge in [-0.25, -0.2) is 12.7 Å². The highest BCUT2D eigenvalue weighted by atomic mass is 32.2. The molecular weight excluding hydrogens is 482 g/mol. The summed E-state index contributed by atoms with van der Waals surface area (Å²) in [5.74, 6) is 0.621. The van der Waals surface area contributed by atoms with Crippen molar-refractivity contribution < 1.29 is 27.5 Å². The number of carbonyl (C=O) groups is 2. The molecule has 0 saturated carbocycles. The van der Waals surface area contributed by atoms with E-state index in [-0.39, 0.29) is 17.4 Å². The summed E-state index contributed by atoms with van der Waals surface area (Å²) >= 11 is 0. The standard InChI is InChI=1S/C26H27N3O6S/c1-18-5-4-6-21(15-18)34-14-13-29-23-12-9-20(16-24(23)35-17-25(29)30)27-26(31)19-7-10-22(11-8-19)36(32,33)28(2)3/h4-12,15-16H,13-14,17H2,1-3H3,(H,27,31). The maximum atomic E-state index is 12.7. The van der Waals surface area contributed by atoms with Crippen LogP contribution < -0.4 is 19.7 Å². The number of carbonyl (C=O) groups excluding carboxylic acids is 2. The monoisotopic (exact) mass is 509 g/mol. The largest absolute Gasteiger partial charge is 0.492 e. The molecule has 188 valence electrons. The molecule has 0 spiro atoms. The molecule has 1 aliphatic heterocycles. The zero-order valence-corrected chi connectivity index (χ0v) is 21.0. The average molecular weight is 510 g/mol. The zero-order valence-electron chi connectivity index (χ0n) is 20.2. The van der Waals surface area contributed by atoms with Crippen molar-refractivity contribution >= 4 is 33.2 Å². The lowest BCUT2D eigenvalue weighted by Crippen LogP contribution is -2.41. The van der Waals surface area contributed by atoms with Crippen molar-refractivity contribution in [3.8, 4) is 11.5 Å². The van der Waals surface area contributed by atoms with Gasteiger partial charge < -0.3 is 19.7 Å². The van der Waals surface area contributed by atoms with Gasteiger partial charge in [-0.3, -0.25) is 9.59 Å². The fraction of sp³-hybridized carbons (Fsp3) is 0.231. The topological polar surface area (TPSA) is 105 Å². The number of rotatable bonds is 8. The summed E-state index contributed by atoms with van der Waals surface area (Å²) in [4.78, 5) is 26.9. The summed E-state index contributed by atoms with van der Waals surface area (Å²) < 4.78 is 36.9. The van der Waals surface area contributed by atoms with Gasteiger partial charge in [-0.15, -0.1) is 0 Å². The zero-order chi connectivity index (χ0) is 25.9. The molecule has 10 heteroatoms. The Hall–Kier alpha value is -3.89. The van der Waals surface area contributed by atoms with Crippen LogP contribution in [0.2, 0.25) is 0 Å². The quantitative estimate of drug-likeness (QED) is 0.500. The van der Waals surface area contributed by atoms with Crippen LogP contribution in [-0.2, 0) is 14.8 Å². The second-order valence-electron chi connectivity index (χ2n) is 8.45. The Morgan fingerprint density at radius 1 is 1.08 bits per heavy atom.